The zero-order chi connectivity index (χ0) is 10.2. The van der Waals surface area contributed by atoms with Crippen LogP contribution in [0, 0.1) is 6.92 Å². The van der Waals surface area contributed by atoms with Gasteiger partial charge >= 0.3 is 0 Å². The van der Waals surface area contributed by atoms with E-state index in [9.17, 15) is 0 Å². The minimum Gasteiger partial charge on any atom is -0.348 e. The highest BCUT2D eigenvalue weighted by atomic mass is 79.9. The van der Waals surface area contributed by atoms with Crippen LogP contribution in [0.3, 0.4) is 0 Å². The number of nitrogens with zero attached hydrogens (tertiary/aromatic N) is 2. The van der Waals surface area contributed by atoms with E-state index in [1.165, 1.54) is 0 Å². The Morgan fingerprint density at radius 2 is 2.36 bits per heavy atom. The summed E-state index contributed by atoms with van der Waals surface area (Å²) in [5.74, 6) is 0.675. The van der Waals surface area contributed by atoms with Crippen LogP contribution in [-0.2, 0) is 0 Å². The van der Waals surface area contributed by atoms with Crippen LogP contribution in [0.25, 0.3) is 0 Å². The average Bonchev–Trinajstić information content (AvgIpc) is 2.93. The normalized spacial score (nSPS) is 17.9. The van der Waals surface area contributed by atoms with Gasteiger partial charge in [-0.05, 0) is 35.7 Å². The van der Waals surface area contributed by atoms with Gasteiger partial charge in [0.25, 0.3) is 0 Å². The lowest BCUT2D eigenvalue weighted by Gasteiger charge is -2.14. The van der Waals surface area contributed by atoms with Gasteiger partial charge in [0, 0.05) is 12.7 Å². The van der Waals surface area contributed by atoms with E-state index in [1.807, 2.05) is 6.92 Å². The molecule has 4 nitrogen and oxygen atoms in total. The van der Waals surface area contributed by atoms with E-state index in [0.717, 1.165) is 23.0 Å². The van der Waals surface area contributed by atoms with Crippen molar-refractivity contribution in [2.75, 3.05) is 11.9 Å². The fourth-order valence-corrected chi connectivity index (χ4v) is 1.47. The summed E-state index contributed by atoms with van der Waals surface area (Å²) in [6.45, 7) is 2.59. The summed E-state index contributed by atoms with van der Waals surface area (Å²) in [6, 6.07) is 0. The Kier molecular flexibility index (Phi) is 2.45. The largest absolute Gasteiger partial charge is 0.348 e. The highest BCUT2D eigenvalue weighted by molar-refractivity contribution is 9.10. The number of aromatic nitrogens is 2. The van der Waals surface area contributed by atoms with Crippen molar-refractivity contribution >= 4 is 21.9 Å². The standard InChI is InChI=1S/C9H13BrN4/c1-6-7(10)4-12-8(13-6)14-9(5-11)2-3-9/h4H,2-3,5,11H2,1H3,(H,12,13,14). The van der Waals surface area contributed by atoms with E-state index in [4.69, 9.17) is 5.73 Å². The molecule has 14 heavy (non-hydrogen) atoms. The molecule has 0 atom stereocenters. The number of nitrogens with two attached hydrogens (primary N) is 1. The van der Waals surface area contributed by atoms with Crippen molar-refractivity contribution in [3.8, 4) is 0 Å². The molecule has 1 fully saturated rings. The summed E-state index contributed by atoms with van der Waals surface area (Å²) in [5.41, 5.74) is 6.67. The van der Waals surface area contributed by atoms with E-state index in [0.29, 0.717) is 12.5 Å². The van der Waals surface area contributed by atoms with Crippen LogP contribution < -0.4 is 11.1 Å². The first-order chi connectivity index (χ1) is 6.65. The molecule has 1 saturated carbocycles. The molecule has 3 N–H and O–H groups in total. The Morgan fingerprint density at radius 3 is 2.86 bits per heavy atom. The summed E-state index contributed by atoms with van der Waals surface area (Å²) in [4.78, 5) is 8.51. The highest BCUT2D eigenvalue weighted by Gasteiger charge is 2.41. The van der Waals surface area contributed by atoms with Crippen molar-refractivity contribution in [3.05, 3.63) is 16.4 Å². The molecule has 5 heteroatoms. The van der Waals surface area contributed by atoms with Gasteiger partial charge in [0.1, 0.15) is 0 Å². The molecule has 0 aromatic carbocycles. The van der Waals surface area contributed by atoms with Gasteiger partial charge in [-0.3, -0.25) is 0 Å². The molecule has 1 aromatic heterocycles. The molecule has 0 amide bonds. The van der Waals surface area contributed by atoms with Crippen LogP contribution in [0.5, 0.6) is 0 Å². The van der Waals surface area contributed by atoms with Gasteiger partial charge in [0.2, 0.25) is 5.95 Å². The van der Waals surface area contributed by atoms with E-state index in [1.54, 1.807) is 6.20 Å². The van der Waals surface area contributed by atoms with Gasteiger partial charge in [-0.2, -0.15) is 0 Å². The highest BCUT2D eigenvalue weighted by Crippen LogP contribution is 2.36. The van der Waals surface area contributed by atoms with Crippen LogP contribution in [0.1, 0.15) is 18.5 Å². The Bertz CT molecular complexity index is 349. The van der Waals surface area contributed by atoms with Crippen LogP contribution in [0.4, 0.5) is 5.95 Å². The van der Waals surface area contributed by atoms with Crippen molar-refractivity contribution in [3.63, 3.8) is 0 Å². The first-order valence-corrected chi connectivity index (χ1v) is 5.42. The average molecular weight is 257 g/mol. The molecule has 2 rings (SSSR count). The molecule has 76 valence electrons. The Balaban J connectivity index is 2.14. The fraction of sp³-hybridized carbons (Fsp3) is 0.556. The van der Waals surface area contributed by atoms with E-state index >= 15 is 0 Å². The van der Waals surface area contributed by atoms with Crippen LogP contribution in [-0.4, -0.2) is 22.1 Å². The van der Waals surface area contributed by atoms with Crippen LogP contribution >= 0.6 is 15.9 Å². The second-order valence-electron chi connectivity index (χ2n) is 3.74. The summed E-state index contributed by atoms with van der Waals surface area (Å²) >= 11 is 3.36. The first-order valence-electron chi connectivity index (χ1n) is 4.63. The number of aryl methyl sites for hydroxylation is 1. The molecular formula is C9H13BrN4. The molecule has 1 aliphatic rings. The third kappa shape index (κ3) is 1.88. The topological polar surface area (TPSA) is 63.8 Å². The third-order valence-electron chi connectivity index (χ3n) is 2.54. The van der Waals surface area contributed by atoms with E-state index in [-0.39, 0.29) is 5.54 Å². The molecule has 0 spiro atoms. The van der Waals surface area contributed by atoms with Gasteiger partial charge in [-0.25, -0.2) is 9.97 Å². The second-order valence-corrected chi connectivity index (χ2v) is 4.59. The van der Waals surface area contributed by atoms with Crippen molar-refractivity contribution < 1.29 is 0 Å². The number of rotatable bonds is 3. The van der Waals surface area contributed by atoms with Gasteiger partial charge in [-0.1, -0.05) is 0 Å². The smallest absolute Gasteiger partial charge is 0.223 e. The Morgan fingerprint density at radius 1 is 1.64 bits per heavy atom. The summed E-state index contributed by atoms with van der Waals surface area (Å²) in [7, 11) is 0. The lowest BCUT2D eigenvalue weighted by Crippen LogP contribution is -2.31. The SMILES string of the molecule is Cc1nc(NC2(CN)CC2)ncc1Br. The predicted molar refractivity (Wildman–Crippen MR) is 59.1 cm³/mol. The Labute approximate surface area is 91.4 Å². The molecular weight excluding hydrogens is 244 g/mol. The minimum absolute atomic E-state index is 0.0697. The minimum atomic E-state index is 0.0697. The lowest BCUT2D eigenvalue weighted by molar-refractivity contribution is 0.729. The van der Waals surface area contributed by atoms with E-state index < -0.39 is 0 Å². The molecule has 1 aromatic rings. The zero-order valence-corrected chi connectivity index (χ0v) is 9.63. The number of halogens is 1. The molecule has 1 aliphatic carbocycles. The molecule has 0 saturated heterocycles. The molecule has 0 unspecified atom stereocenters. The number of hydrogen-bond donors (Lipinski definition) is 2. The summed E-state index contributed by atoms with van der Waals surface area (Å²) in [5, 5.41) is 3.28. The van der Waals surface area contributed by atoms with Crippen LogP contribution in [0.15, 0.2) is 10.7 Å². The quantitative estimate of drug-likeness (QED) is 0.860. The van der Waals surface area contributed by atoms with Crippen LogP contribution in [0.2, 0.25) is 0 Å². The van der Waals surface area contributed by atoms with E-state index in [2.05, 4.69) is 31.2 Å². The molecule has 1 heterocycles. The monoisotopic (exact) mass is 256 g/mol. The van der Waals surface area contributed by atoms with Gasteiger partial charge < -0.3 is 11.1 Å². The second kappa shape index (κ2) is 3.47. The number of anilines is 1. The van der Waals surface area contributed by atoms with Crippen molar-refractivity contribution in [2.24, 2.45) is 5.73 Å². The maximum atomic E-state index is 5.66. The molecule has 0 radical (unpaired) electrons. The maximum absolute atomic E-state index is 5.66. The molecule has 0 aliphatic heterocycles. The van der Waals surface area contributed by atoms with Gasteiger partial charge in [0.15, 0.2) is 0 Å². The van der Waals surface area contributed by atoms with Gasteiger partial charge in [0.05, 0.1) is 15.7 Å². The maximum Gasteiger partial charge on any atom is 0.223 e. The lowest BCUT2D eigenvalue weighted by atomic mass is 10.3. The summed E-state index contributed by atoms with van der Waals surface area (Å²) < 4.78 is 0.931. The summed E-state index contributed by atoms with van der Waals surface area (Å²) in [6.07, 6.45) is 3.99. The first kappa shape index (κ1) is 9.86. The fourth-order valence-electron chi connectivity index (χ4n) is 1.28. The van der Waals surface area contributed by atoms with Crippen molar-refractivity contribution in [2.45, 2.75) is 25.3 Å². The molecule has 0 bridgehead atoms. The van der Waals surface area contributed by atoms with Crippen molar-refractivity contribution in [1.29, 1.82) is 0 Å². The number of nitrogens with one attached hydrogen (secondary N) is 1. The Hall–Kier alpha value is -0.680. The van der Waals surface area contributed by atoms with Crippen molar-refractivity contribution in [1.82, 2.24) is 9.97 Å². The zero-order valence-electron chi connectivity index (χ0n) is 8.05. The predicted octanol–water partition coefficient (Wildman–Crippen LogP) is 1.45. The third-order valence-corrected chi connectivity index (χ3v) is 3.32. The van der Waals surface area contributed by atoms with Gasteiger partial charge in [-0.15, -0.1) is 0 Å². The number of hydrogen-bond acceptors (Lipinski definition) is 4.